The van der Waals surface area contributed by atoms with Crippen LogP contribution in [0.25, 0.3) is 0 Å². The summed E-state index contributed by atoms with van der Waals surface area (Å²) in [5.41, 5.74) is -1.01. The van der Waals surface area contributed by atoms with Gasteiger partial charge in [-0.15, -0.1) is 0 Å². The van der Waals surface area contributed by atoms with Crippen LogP contribution in [-0.2, 0) is 4.79 Å². The summed E-state index contributed by atoms with van der Waals surface area (Å²) in [6.45, 7) is 2.15. The molecule has 0 saturated heterocycles. The highest BCUT2D eigenvalue weighted by Crippen LogP contribution is 2.31. The van der Waals surface area contributed by atoms with Gasteiger partial charge in [0.1, 0.15) is 0 Å². The Hall–Kier alpha value is -2.51. The van der Waals surface area contributed by atoms with Crippen molar-refractivity contribution in [3.8, 4) is 5.75 Å². The molecule has 8 heteroatoms. The normalized spacial score (nSPS) is 10.4. The first-order valence-corrected chi connectivity index (χ1v) is 8.09. The number of carbonyl (C=O) groups excluding carboxylic acids is 1. The molecule has 0 aliphatic heterocycles. The number of hydrogen-bond acceptors (Lipinski definition) is 6. The van der Waals surface area contributed by atoms with Gasteiger partial charge in [0.15, 0.2) is 0 Å². The lowest BCUT2D eigenvalue weighted by atomic mass is 10.1. The number of nitro benzene ring substituents is 2. The maximum Gasteiger partial charge on any atom is 0.318 e. The molecule has 0 bridgehead atoms. The summed E-state index contributed by atoms with van der Waals surface area (Å²) in [5, 5.41) is 21.6. The summed E-state index contributed by atoms with van der Waals surface area (Å²) in [5.74, 6) is -0.834. The summed E-state index contributed by atoms with van der Waals surface area (Å²) in [7, 11) is 0. The van der Waals surface area contributed by atoms with Crippen molar-refractivity contribution in [2.45, 2.75) is 58.3 Å². The number of nitro groups is 2. The average molecular weight is 338 g/mol. The Labute approximate surface area is 140 Å². The van der Waals surface area contributed by atoms with Gasteiger partial charge in [0, 0.05) is 12.5 Å². The summed E-state index contributed by atoms with van der Waals surface area (Å²) in [6.07, 6.45) is 7.50. The summed E-state index contributed by atoms with van der Waals surface area (Å²) in [4.78, 5) is 31.8. The van der Waals surface area contributed by atoms with Gasteiger partial charge < -0.3 is 4.74 Å². The minimum Gasteiger partial charge on any atom is -0.419 e. The molecule has 8 nitrogen and oxygen atoms in total. The molecule has 0 N–H and O–H groups in total. The molecule has 1 aromatic rings. The van der Waals surface area contributed by atoms with Gasteiger partial charge in [-0.2, -0.15) is 0 Å². The number of esters is 1. The predicted molar refractivity (Wildman–Crippen MR) is 88.0 cm³/mol. The van der Waals surface area contributed by atoms with E-state index in [0.717, 1.165) is 37.5 Å². The Kier molecular flexibility index (Phi) is 8.38. The Bertz CT molecular complexity index is 588. The van der Waals surface area contributed by atoms with Crippen molar-refractivity contribution >= 4 is 17.3 Å². The summed E-state index contributed by atoms with van der Waals surface area (Å²) >= 11 is 0. The molecule has 0 radical (unpaired) electrons. The zero-order chi connectivity index (χ0) is 17.9. The van der Waals surface area contributed by atoms with Crippen LogP contribution in [-0.4, -0.2) is 15.8 Å². The molecule has 1 rings (SSSR count). The Morgan fingerprint density at radius 2 is 1.62 bits per heavy atom. The monoisotopic (exact) mass is 338 g/mol. The Morgan fingerprint density at radius 3 is 2.21 bits per heavy atom. The molecule has 0 amide bonds. The van der Waals surface area contributed by atoms with Gasteiger partial charge in [-0.25, -0.2) is 0 Å². The van der Waals surface area contributed by atoms with E-state index in [1.165, 1.54) is 19.3 Å². The molecule has 0 fully saturated rings. The third kappa shape index (κ3) is 6.72. The molecule has 0 saturated carbocycles. The molecule has 0 aliphatic carbocycles. The quantitative estimate of drug-likeness (QED) is 0.192. The van der Waals surface area contributed by atoms with Gasteiger partial charge in [-0.05, 0) is 12.5 Å². The van der Waals surface area contributed by atoms with E-state index >= 15 is 0 Å². The number of ether oxygens (including phenoxy) is 1. The molecule has 1 aromatic carbocycles. The van der Waals surface area contributed by atoms with Gasteiger partial charge in [0.2, 0.25) is 5.75 Å². The van der Waals surface area contributed by atoms with E-state index in [9.17, 15) is 25.0 Å². The highest BCUT2D eigenvalue weighted by Gasteiger charge is 2.22. The molecule has 24 heavy (non-hydrogen) atoms. The number of rotatable bonds is 11. The van der Waals surface area contributed by atoms with Crippen molar-refractivity contribution in [2.24, 2.45) is 0 Å². The minimum atomic E-state index is -0.802. The highest BCUT2D eigenvalue weighted by atomic mass is 16.6. The number of nitrogens with zero attached hydrogens (tertiary/aromatic N) is 2. The van der Waals surface area contributed by atoms with Crippen LogP contribution in [0.2, 0.25) is 0 Å². The topological polar surface area (TPSA) is 113 Å². The van der Waals surface area contributed by atoms with E-state index in [4.69, 9.17) is 4.74 Å². The standard InChI is InChI=1S/C16H22N2O6/c1-2-3-4-5-6-7-8-9-16(19)24-15-11-10-13(17(20)21)12-14(15)18(22)23/h10-12H,2-9H2,1H3. The van der Waals surface area contributed by atoms with Gasteiger partial charge in [-0.1, -0.05) is 45.4 Å². The smallest absolute Gasteiger partial charge is 0.318 e. The molecule has 0 aliphatic rings. The second-order valence-electron chi connectivity index (χ2n) is 5.51. The van der Waals surface area contributed by atoms with Gasteiger partial charge in [0.25, 0.3) is 5.69 Å². The van der Waals surface area contributed by atoms with Gasteiger partial charge in [0.05, 0.1) is 15.9 Å². The number of hydrogen-bond donors (Lipinski definition) is 0. The number of unbranched alkanes of at least 4 members (excludes halogenated alkanes) is 6. The largest absolute Gasteiger partial charge is 0.419 e. The van der Waals surface area contributed by atoms with Crippen LogP contribution in [0.4, 0.5) is 11.4 Å². The van der Waals surface area contributed by atoms with Crippen LogP contribution < -0.4 is 4.74 Å². The van der Waals surface area contributed by atoms with Gasteiger partial charge >= 0.3 is 11.7 Å². The zero-order valence-electron chi connectivity index (χ0n) is 13.7. The lowest BCUT2D eigenvalue weighted by Gasteiger charge is -2.05. The van der Waals surface area contributed by atoms with E-state index < -0.39 is 27.2 Å². The van der Waals surface area contributed by atoms with Crippen molar-refractivity contribution in [3.05, 3.63) is 38.4 Å². The molecule has 0 atom stereocenters. The molecule has 0 unspecified atom stereocenters. The molecular weight excluding hydrogens is 316 g/mol. The first kappa shape index (κ1) is 19.5. The minimum absolute atomic E-state index is 0.169. The van der Waals surface area contributed by atoms with Crippen LogP contribution in [0, 0.1) is 20.2 Å². The second kappa shape index (κ2) is 10.3. The fourth-order valence-electron chi connectivity index (χ4n) is 2.25. The summed E-state index contributed by atoms with van der Waals surface area (Å²) < 4.78 is 4.98. The maximum absolute atomic E-state index is 11.8. The van der Waals surface area contributed by atoms with E-state index in [2.05, 4.69) is 6.92 Å². The molecular formula is C16H22N2O6. The fraction of sp³-hybridized carbons (Fsp3) is 0.562. The molecule has 0 spiro atoms. The van der Waals surface area contributed by atoms with Crippen molar-refractivity contribution in [1.82, 2.24) is 0 Å². The van der Waals surface area contributed by atoms with Crippen LogP contribution in [0.5, 0.6) is 5.75 Å². The van der Waals surface area contributed by atoms with Crippen LogP contribution in [0.1, 0.15) is 58.3 Å². The first-order valence-electron chi connectivity index (χ1n) is 8.09. The SMILES string of the molecule is CCCCCCCCCC(=O)Oc1ccc([N+](=O)[O-])cc1[N+](=O)[O-]. The predicted octanol–water partition coefficient (Wildman–Crippen LogP) is 4.55. The number of carbonyl (C=O) groups is 1. The number of non-ortho nitro benzene ring substituents is 1. The van der Waals surface area contributed by atoms with Crippen LogP contribution >= 0.6 is 0 Å². The first-order chi connectivity index (χ1) is 11.5. The summed E-state index contributed by atoms with van der Waals surface area (Å²) in [6, 6.07) is 2.94. The van der Waals surface area contributed by atoms with Crippen LogP contribution in [0.3, 0.4) is 0 Å². The van der Waals surface area contributed by atoms with E-state index in [1.54, 1.807) is 0 Å². The van der Waals surface area contributed by atoms with E-state index in [1.807, 2.05) is 0 Å². The third-order valence-electron chi connectivity index (χ3n) is 3.56. The maximum atomic E-state index is 11.8. The number of benzene rings is 1. The average Bonchev–Trinajstić information content (AvgIpc) is 2.54. The van der Waals surface area contributed by atoms with Crippen molar-refractivity contribution in [2.75, 3.05) is 0 Å². The lowest BCUT2D eigenvalue weighted by Crippen LogP contribution is -2.09. The second-order valence-corrected chi connectivity index (χ2v) is 5.51. The molecule has 0 aromatic heterocycles. The van der Waals surface area contributed by atoms with Crippen LogP contribution in [0.15, 0.2) is 18.2 Å². The Balaban J connectivity index is 2.49. The molecule has 0 heterocycles. The van der Waals surface area contributed by atoms with Crippen molar-refractivity contribution in [3.63, 3.8) is 0 Å². The van der Waals surface area contributed by atoms with Crippen molar-refractivity contribution in [1.29, 1.82) is 0 Å². The van der Waals surface area contributed by atoms with Crippen molar-refractivity contribution < 1.29 is 19.4 Å². The van der Waals surface area contributed by atoms with Gasteiger partial charge in [-0.3, -0.25) is 25.0 Å². The third-order valence-corrected chi connectivity index (χ3v) is 3.56. The van der Waals surface area contributed by atoms with E-state index in [-0.39, 0.29) is 12.2 Å². The van der Waals surface area contributed by atoms with E-state index in [0.29, 0.717) is 6.42 Å². The highest BCUT2D eigenvalue weighted by molar-refractivity contribution is 5.74. The fourth-order valence-corrected chi connectivity index (χ4v) is 2.25. The Morgan fingerprint density at radius 1 is 1.00 bits per heavy atom. The zero-order valence-corrected chi connectivity index (χ0v) is 13.7. The molecule has 132 valence electrons. The lowest BCUT2D eigenvalue weighted by molar-refractivity contribution is -0.394.